The van der Waals surface area contributed by atoms with Crippen molar-refractivity contribution in [1.82, 2.24) is 4.31 Å². The molecule has 0 aromatic heterocycles. The van der Waals surface area contributed by atoms with Crippen LogP contribution in [0.2, 0.25) is 0 Å². The van der Waals surface area contributed by atoms with Gasteiger partial charge in [0.1, 0.15) is 0 Å². The molecule has 0 aliphatic carbocycles. The predicted octanol–water partition coefficient (Wildman–Crippen LogP) is 1.04. The van der Waals surface area contributed by atoms with Crippen LogP contribution in [0.15, 0.2) is 29.2 Å². The molecule has 1 unspecified atom stereocenters. The third-order valence-corrected chi connectivity index (χ3v) is 5.27. The first-order valence-corrected chi connectivity index (χ1v) is 7.95. The van der Waals surface area contributed by atoms with Gasteiger partial charge >= 0.3 is 0 Å². The van der Waals surface area contributed by atoms with Gasteiger partial charge in [0.2, 0.25) is 15.9 Å². The topological polar surface area (TPSA) is 92.5 Å². The van der Waals surface area contributed by atoms with E-state index in [4.69, 9.17) is 5.73 Å². The summed E-state index contributed by atoms with van der Waals surface area (Å²) in [5, 5.41) is 2.61. The number of amides is 1. The number of halogens is 1. The van der Waals surface area contributed by atoms with E-state index >= 15 is 0 Å². The highest BCUT2D eigenvalue weighted by molar-refractivity contribution is 7.89. The highest BCUT2D eigenvalue weighted by Crippen LogP contribution is 2.24. The average Bonchev–Trinajstić information content (AvgIpc) is 2.88. The van der Waals surface area contributed by atoms with Crippen LogP contribution in [0.1, 0.15) is 13.3 Å². The van der Waals surface area contributed by atoms with Crippen molar-refractivity contribution in [3.05, 3.63) is 24.3 Å². The van der Waals surface area contributed by atoms with Crippen LogP contribution < -0.4 is 11.1 Å². The molecule has 1 saturated heterocycles. The quantitative estimate of drug-likeness (QED) is 0.861. The normalized spacial score (nSPS) is 19.0. The van der Waals surface area contributed by atoms with E-state index in [2.05, 4.69) is 5.32 Å². The first-order chi connectivity index (χ1) is 9.43. The molecule has 3 N–H and O–H groups in total. The van der Waals surface area contributed by atoms with Crippen LogP contribution in [-0.4, -0.2) is 38.3 Å². The molecule has 1 fully saturated rings. The van der Waals surface area contributed by atoms with Crippen LogP contribution in [0, 0.1) is 5.92 Å². The van der Waals surface area contributed by atoms with E-state index in [0.29, 0.717) is 25.3 Å². The lowest BCUT2D eigenvalue weighted by Gasteiger charge is -2.16. The minimum atomic E-state index is -3.46. The molecule has 118 valence electrons. The number of nitrogens with one attached hydrogen (secondary N) is 1. The van der Waals surface area contributed by atoms with E-state index in [1.165, 1.54) is 23.4 Å². The highest BCUT2D eigenvalue weighted by atomic mass is 35.5. The molecule has 1 aromatic rings. The Morgan fingerprint density at radius 2 is 2.00 bits per heavy atom. The summed E-state index contributed by atoms with van der Waals surface area (Å²) in [5.41, 5.74) is 6.16. The number of sulfonamides is 1. The Morgan fingerprint density at radius 1 is 1.38 bits per heavy atom. The van der Waals surface area contributed by atoms with Gasteiger partial charge in [0.25, 0.3) is 0 Å². The molecular formula is C13H20ClN3O3S. The molecule has 1 aliphatic rings. The van der Waals surface area contributed by atoms with E-state index in [9.17, 15) is 13.2 Å². The number of carbonyl (C=O) groups is 1. The fourth-order valence-corrected chi connectivity index (χ4v) is 3.80. The number of nitrogens with two attached hydrogens (primary N) is 1. The standard InChI is InChI=1S/C13H19N3O3S.ClH/c1-10(17)15-12-2-4-13(5-3-12)20(18,19)16-7-6-11(8-14)9-16;/h2-5,11H,6-9,14H2,1H3,(H,15,17);1H. The van der Waals surface area contributed by atoms with E-state index in [0.717, 1.165) is 6.42 Å². The summed E-state index contributed by atoms with van der Waals surface area (Å²) < 4.78 is 26.3. The van der Waals surface area contributed by atoms with Crippen LogP contribution >= 0.6 is 12.4 Å². The molecule has 1 aromatic carbocycles. The molecule has 0 spiro atoms. The fraction of sp³-hybridized carbons (Fsp3) is 0.462. The van der Waals surface area contributed by atoms with Crippen LogP contribution in [0.25, 0.3) is 0 Å². The van der Waals surface area contributed by atoms with Crippen molar-refractivity contribution >= 4 is 34.0 Å². The molecule has 1 amide bonds. The number of carbonyl (C=O) groups excluding carboxylic acids is 1. The van der Waals surface area contributed by atoms with Crippen molar-refractivity contribution in [2.45, 2.75) is 18.2 Å². The summed E-state index contributed by atoms with van der Waals surface area (Å²) in [4.78, 5) is 11.2. The van der Waals surface area contributed by atoms with Crippen LogP contribution in [-0.2, 0) is 14.8 Å². The van der Waals surface area contributed by atoms with Gasteiger partial charge in [0.15, 0.2) is 0 Å². The zero-order chi connectivity index (χ0) is 14.8. The molecule has 0 bridgehead atoms. The molecule has 1 atom stereocenters. The maximum atomic E-state index is 12.4. The number of benzene rings is 1. The van der Waals surface area contributed by atoms with Gasteiger partial charge in [-0.25, -0.2) is 8.42 Å². The lowest BCUT2D eigenvalue weighted by molar-refractivity contribution is -0.114. The Kier molecular flexibility index (Phi) is 6.15. The number of rotatable bonds is 4. The number of hydrogen-bond acceptors (Lipinski definition) is 4. The van der Waals surface area contributed by atoms with Crippen molar-refractivity contribution in [3.63, 3.8) is 0 Å². The average molecular weight is 334 g/mol. The van der Waals surface area contributed by atoms with Gasteiger partial charge in [-0.2, -0.15) is 4.31 Å². The Morgan fingerprint density at radius 3 is 2.48 bits per heavy atom. The summed E-state index contributed by atoms with van der Waals surface area (Å²) in [6, 6.07) is 6.20. The van der Waals surface area contributed by atoms with Crippen LogP contribution in [0.5, 0.6) is 0 Å². The third-order valence-electron chi connectivity index (χ3n) is 3.39. The third kappa shape index (κ3) is 4.16. The smallest absolute Gasteiger partial charge is 0.243 e. The van der Waals surface area contributed by atoms with Gasteiger partial charge in [0.05, 0.1) is 4.90 Å². The van der Waals surface area contributed by atoms with Gasteiger partial charge < -0.3 is 11.1 Å². The van der Waals surface area contributed by atoms with Crippen LogP contribution in [0.3, 0.4) is 0 Å². The number of hydrogen-bond donors (Lipinski definition) is 2. The molecular weight excluding hydrogens is 314 g/mol. The maximum absolute atomic E-state index is 12.4. The van der Waals surface area contributed by atoms with Crippen molar-refractivity contribution in [2.75, 3.05) is 25.0 Å². The minimum absolute atomic E-state index is 0. The zero-order valence-electron chi connectivity index (χ0n) is 11.8. The minimum Gasteiger partial charge on any atom is -0.330 e. The van der Waals surface area contributed by atoms with Crippen LogP contribution in [0.4, 0.5) is 5.69 Å². The first kappa shape index (κ1) is 17.9. The SMILES string of the molecule is CC(=O)Nc1ccc(S(=O)(=O)N2CCC(CN)C2)cc1.Cl. The number of anilines is 1. The Hall–Kier alpha value is -1.15. The molecule has 8 heteroatoms. The largest absolute Gasteiger partial charge is 0.330 e. The summed E-state index contributed by atoms with van der Waals surface area (Å²) >= 11 is 0. The van der Waals surface area contributed by atoms with Crippen molar-refractivity contribution < 1.29 is 13.2 Å². The summed E-state index contributed by atoms with van der Waals surface area (Å²) in [6.07, 6.45) is 0.805. The molecule has 0 radical (unpaired) electrons. The van der Waals surface area contributed by atoms with Gasteiger partial charge in [-0.15, -0.1) is 12.4 Å². The Labute approximate surface area is 131 Å². The van der Waals surface area contributed by atoms with E-state index < -0.39 is 10.0 Å². The second kappa shape index (κ2) is 7.22. The molecule has 21 heavy (non-hydrogen) atoms. The molecule has 1 heterocycles. The molecule has 6 nitrogen and oxygen atoms in total. The molecule has 2 rings (SSSR count). The monoisotopic (exact) mass is 333 g/mol. The van der Waals surface area contributed by atoms with Gasteiger partial charge in [-0.05, 0) is 43.1 Å². The zero-order valence-corrected chi connectivity index (χ0v) is 13.4. The summed E-state index contributed by atoms with van der Waals surface area (Å²) in [5.74, 6) is 0.0503. The number of nitrogens with zero attached hydrogens (tertiary/aromatic N) is 1. The first-order valence-electron chi connectivity index (χ1n) is 6.51. The second-order valence-corrected chi connectivity index (χ2v) is 6.90. The van der Waals surface area contributed by atoms with Gasteiger partial charge in [-0.3, -0.25) is 4.79 Å². The molecule has 1 aliphatic heterocycles. The van der Waals surface area contributed by atoms with E-state index in [-0.39, 0.29) is 29.1 Å². The van der Waals surface area contributed by atoms with Crippen molar-refractivity contribution in [3.8, 4) is 0 Å². The molecule has 0 saturated carbocycles. The summed E-state index contributed by atoms with van der Waals surface area (Å²) in [7, 11) is -3.46. The van der Waals surface area contributed by atoms with Crippen molar-refractivity contribution in [2.24, 2.45) is 11.7 Å². The highest BCUT2D eigenvalue weighted by Gasteiger charge is 2.31. The maximum Gasteiger partial charge on any atom is 0.243 e. The second-order valence-electron chi connectivity index (χ2n) is 4.96. The van der Waals surface area contributed by atoms with Gasteiger partial charge in [-0.1, -0.05) is 0 Å². The Bertz CT molecular complexity index is 589. The van der Waals surface area contributed by atoms with E-state index in [1.54, 1.807) is 12.1 Å². The summed E-state index contributed by atoms with van der Waals surface area (Å²) in [6.45, 7) is 2.90. The Balaban J connectivity index is 0.00000220. The fourth-order valence-electron chi connectivity index (χ4n) is 2.27. The predicted molar refractivity (Wildman–Crippen MR) is 83.9 cm³/mol. The van der Waals surface area contributed by atoms with E-state index in [1.807, 2.05) is 0 Å². The van der Waals surface area contributed by atoms with Crippen molar-refractivity contribution in [1.29, 1.82) is 0 Å². The lowest BCUT2D eigenvalue weighted by atomic mass is 10.1. The van der Waals surface area contributed by atoms with Gasteiger partial charge in [0, 0.05) is 25.7 Å². The lowest BCUT2D eigenvalue weighted by Crippen LogP contribution is -2.30.